The maximum Gasteiger partial charge on any atom is 0.248 e. The number of aliphatic hydroxyl groups is 1. The molecular weight excluding hydrogens is 318 g/mol. The molecule has 2 heterocycles. The second-order valence-electron chi connectivity index (χ2n) is 6.14. The van der Waals surface area contributed by atoms with Crippen LogP contribution in [0, 0.1) is 0 Å². The van der Waals surface area contributed by atoms with E-state index in [0.717, 1.165) is 5.56 Å². The second-order valence-corrected chi connectivity index (χ2v) is 6.55. The van der Waals surface area contributed by atoms with Crippen LogP contribution >= 0.6 is 11.6 Å². The van der Waals surface area contributed by atoms with Crippen molar-refractivity contribution in [1.29, 1.82) is 0 Å². The largest absolute Gasteiger partial charge is 0.391 e. The molecule has 0 saturated carbocycles. The molecule has 4 atom stereocenters. The Morgan fingerprint density at radius 2 is 2.17 bits per heavy atom. The van der Waals surface area contributed by atoms with E-state index in [0.29, 0.717) is 24.5 Å². The van der Waals surface area contributed by atoms with E-state index in [-0.39, 0.29) is 17.9 Å². The number of rotatable bonds is 4. The van der Waals surface area contributed by atoms with E-state index in [1.165, 1.54) is 6.92 Å². The first-order chi connectivity index (χ1) is 11.0. The Morgan fingerprint density at radius 3 is 2.87 bits per heavy atom. The molecule has 3 rings (SSSR count). The van der Waals surface area contributed by atoms with Crippen LogP contribution in [0.15, 0.2) is 24.3 Å². The van der Waals surface area contributed by atoms with Crippen LogP contribution < -0.4 is 10.6 Å². The number of nitrogens with one attached hydrogen (secondary N) is 2. The molecular formula is C16H20ClN3O3. The SMILES string of the molecule is C[C@H](O)[C@H]1NC(=O)[C@@H]2C[C@H](NCc3ccccc3Cl)CN2C1=O. The van der Waals surface area contributed by atoms with Crippen molar-refractivity contribution in [3.8, 4) is 0 Å². The summed E-state index contributed by atoms with van der Waals surface area (Å²) in [5.41, 5.74) is 0.983. The molecule has 23 heavy (non-hydrogen) atoms. The van der Waals surface area contributed by atoms with E-state index in [9.17, 15) is 14.7 Å². The van der Waals surface area contributed by atoms with Gasteiger partial charge < -0.3 is 20.6 Å². The van der Waals surface area contributed by atoms with Gasteiger partial charge in [0.1, 0.15) is 12.1 Å². The van der Waals surface area contributed by atoms with Crippen LogP contribution in [-0.4, -0.2) is 52.6 Å². The van der Waals surface area contributed by atoms with Crippen molar-refractivity contribution in [1.82, 2.24) is 15.5 Å². The first kappa shape index (κ1) is 16.2. The Morgan fingerprint density at radius 1 is 1.43 bits per heavy atom. The third kappa shape index (κ3) is 3.20. The van der Waals surface area contributed by atoms with E-state index in [1.807, 2.05) is 24.3 Å². The van der Waals surface area contributed by atoms with E-state index < -0.39 is 18.2 Å². The first-order valence-electron chi connectivity index (χ1n) is 7.73. The molecule has 0 spiro atoms. The quantitative estimate of drug-likeness (QED) is 0.737. The van der Waals surface area contributed by atoms with Gasteiger partial charge in [0.05, 0.1) is 6.10 Å². The smallest absolute Gasteiger partial charge is 0.248 e. The van der Waals surface area contributed by atoms with Crippen molar-refractivity contribution in [2.75, 3.05) is 6.54 Å². The summed E-state index contributed by atoms with van der Waals surface area (Å²) in [6, 6.07) is 6.30. The molecule has 2 aliphatic heterocycles. The zero-order valence-electron chi connectivity index (χ0n) is 12.8. The van der Waals surface area contributed by atoms with Gasteiger partial charge in [-0.3, -0.25) is 9.59 Å². The molecule has 2 aliphatic rings. The number of aliphatic hydroxyl groups excluding tert-OH is 1. The Kier molecular flexibility index (Phi) is 4.57. The summed E-state index contributed by atoms with van der Waals surface area (Å²) in [6.45, 7) is 2.55. The van der Waals surface area contributed by atoms with Crippen LogP contribution in [0.1, 0.15) is 18.9 Å². The number of piperazine rings is 1. The lowest BCUT2D eigenvalue weighted by atomic mass is 10.0. The molecule has 2 amide bonds. The van der Waals surface area contributed by atoms with Crippen LogP contribution in [0.5, 0.6) is 0 Å². The fourth-order valence-corrected chi connectivity index (χ4v) is 3.39. The minimum Gasteiger partial charge on any atom is -0.391 e. The van der Waals surface area contributed by atoms with E-state index in [4.69, 9.17) is 11.6 Å². The number of hydrogen-bond acceptors (Lipinski definition) is 4. The molecule has 7 heteroatoms. The Bertz CT molecular complexity index is 622. The molecule has 2 saturated heterocycles. The van der Waals surface area contributed by atoms with Crippen LogP contribution in [0.3, 0.4) is 0 Å². The predicted molar refractivity (Wildman–Crippen MR) is 85.8 cm³/mol. The molecule has 0 aromatic heterocycles. The van der Waals surface area contributed by atoms with Crippen molar-refractivity contribution in [3.63, 3.8) is 0 Å². The highest BCUT2D eigenvalue weighted by Gasteiger charge is 2.47. The van der Waals surface area contributed by atoms with Crippen LogP contribution in [0.4, 0.5) is 0 Å². The minimum atomic E-state index is -0.900. The summed E-state index contributed by atoms with van der Waals surface area (Å²) in [4.78, 5) is 26.1. The third-order valence-electron chi connectivity index (χ3n) is 4.47. The molecule has 0 aliphatic carbocycles. The van der Waals surface area contributed by atoms with Crippen molar-refractivity contribution in [2.45, 2.75) is 44.1 Å². The zero-order chi connectivity index (χ0) is 16.6. The van der Waals surface area contributed by atoms with E-state index in [2.05, 4.69) is 10.6 Å². The van der Waals surface area contributed by atoms with Gasteiger partial charge >= 0.3 is 0 Å². The fourth-order valence-electron chi connectivity index (χ4n) is 3.19. The molecule has 0 bridgehead atoms. The Hall–Kier alpha value is -1.63. The topological polar surface area (TPSA) is 81.7 Å². The number of halogens is 1. The number of fused-ring (bicyclic) bond motifs is 1. The summed E-state index contributed by atoms with van der Waals surface area (Å²) < 4.78 is 0. The fraction of sp³-hybridized carbons (Fsp3) is 0.500. The summed E-state index contributed by atoms with van der Waals surface area (Å²) >= 11 is 6.14. The van der Waals surface area contributed by atoms with Gasteiger partial charge in [0.15, 0.2) is 0 Å². The van der Waals surface area contributed by atoms with Gasteiger partial charge in [-0.1, -0.05) is 29.8 Å². The highest BCUT2D eigenvalue weighted by Crippen LogP contribution is 2.24. The number of carbonyl (C=O) groups excluding carboxylic acids is 2. The van der Waals surface area contributed by atoms with Crippen LogP contribution in [0.2, 0.25) is 5.02 Å². The summed E-state index contributed by atoms with van der Waals surface area (Å²) in [6.07, 6.45) is -0.336. The summed E-state index contributed by atoms with van der Waals surface area (Å²) in [5, 5.41) is 16.3. The number of hydrogen-bond donors (Lipinski definition) is 3. The van der Waals surface area contributed by atoms with Crippen molar-refractivity contribution >= 4 is 23.4 Å². The molecule has 0 unspecified atom stereocenters. The minimum absolute atomic E-state index is 0.0266. The van der Waals surface area contributed by atoms with Gasteiger partial charge in [-0.25, -0.2) is 0 Å². The normalized spacial score (nSPS) is 28.5. The first-order valence-corrected chi connectivity index (χ1v) is 8.11. The Labute approximate surface area is 139 Å². The molecule has 2 fully saturated rings. The number of nitrogens with zero attached hydrogens (tertiary/aromatic N) is 1. The molecule has 3 N–H and O–H groups in total. The van der Waals surface area contributed by atoms with Gasteiger partial charge in [-0.2, -0.15) is 0 Å². The molecule has 124 valence electrons. The van der Waals surface area contributed by atoms with Gasteiger partial charge in [-0.05, 0) is 25.0 Å². The lowest BCUT2D eigenvalue weighted by Crippen LogP contribution is -2.64. The average molecular weight is 338 g/mol. The maximum absolute atomic E-state index is 12.4. The zero-order valence-corrected chi connectivity index (χ0v) is 13.6. The van der Waals surface area contributed by atoms with Gasteiger partial charge in [0, 0.05) is 24.2 Å². The highest BCUT2D eigenvalue weighted by molar-refractivity contribution is 6.31. The highest BCUT2D eigenvalue weighted by atomic mass is 35.5. The average Bonchev–Trinajstić information content (AvgIpc) is 2.95. The Balaban J connectivity index is 1.64. The van der Waals surface area contributed by atoms with Crippen molar-refractivity contribution < 1.29 is 14.7 Å². The second kappa shape index (κ2) is 6.47. The van der Waals surface area contributed by atoms with Gasteiger partial charge in [-0.15, -0.1) is 0 Å². The van der Waals surface area contributed by atoms with Crippen LogP contribution in [0.25, 0.3) is 0 Å². The number of amides is 2. The molecule has 1 aromatic carbocycles. The third-order valence-corrected chi connectivity index (χ3v) is 4.84. The monoisotopic (exact) mass is 337 g/mol. The number of carbonyl (C=O) groups is 2. The van der Waals surface area contributed by atoms with Crippen molar-refractivity contribution in [3.05, 3.63) is 34.9 Å². The standard InChI is InChI=1S/C16H20ClN3O3/c1-9(21)14-16(23)20-8-11(6-13(20)15(22)19-14)18-7-10-4-2-3-5-12(10)17/h2-5,9,11,13-14,18,21H,6-8H2,1H3,(H,19,22)/t9-,11-,13-,14+/m0/s1. The number of benzene rings is 1. The maximum atomic E-state index is 12.4. The predicted octanol–water partition coefficient (Wildman–Crippen LogP) is 0.278. The summed E-state index contributed by atoms with van der Waals surface area (Å²) in [5.74, 6) is -0.413. The van der Waals surface area contributed by atoms with Gasteiger partial charge in [0.25, 0.3) is 0 Å². The lowest BCUT2D eigenvalue weighted by molar-refractivity contribution is -0.149. The van der Waals surface area contributed by atoms with Crippen LogP contribution in [-0.2, 0) is 16.1 Å². The molecule has 0 radical (unpaired) electrons. The lowest BCUT2D eigenvalue weighted by Gasteiger charge is -2.35. The van der Waals surface area contributed by atoms with Gasteiger partial charge in [0.2, 0.25) is 11.8 Å². The molecule has 6 nitrogen and oxygen atoms in total. The van der Waals surface area contributed by atoms with E-state index in [1.54, 1.807) is 4.90 Å². The summed E-state index contributed by atoms with van der Waals surface area (Å²) in [7, 11) is 0. The van der Waals surface area contributed by atoms with Crippen molar-refractivity contribution in [2.24, 2.45) is 0 Å². The van der Waals surface area contributed by atoms with E-state index >= 15 is 0 Å². The molecule has 1 aromatic rings.